The van der Waals surface area contributed by atoms with E-state index in [1.54, 1.807) is 6.92 Å². The summed E-state index contributed by atoms with van der Waals surface area (Å²) in [6.07, 6.45) is 0. The zero-order valence-corrected chi connectivity index (χ0v) is 13.5. The molecule has 0 atom stereocenters. The maximum Gasteiger partial charge on any atom is 0.292 e. The lowest BCUT2D eigenvalue weighted by molar-refractivity contribution is -0.116. The van der Waals surface area contributed by atoms with Gasteiger partial charge in [0.2, 0.25) is 21.8 Å². The Morgan fingerprint density at radius 2 is 1.82 bits per heavy atom. The van der Waals surface area contributed by atoms with Gasteiger partial charge in [-0.25, -0.2) is 13.6 Å². The first-order chi connectivity index (χ1) is 9.81. The third-order valence-electron chi connectivity index (χ3n) is 1.70. The summed E-state index contributed by atoms with van der Waals surface area (Å²) in [6.45, 7) is 1.82. The van der Waals surface area contributed by atoms with Crippen LogP contribution in [-0.4, -0.2) is 46.9 Å². The van der Waals surface area contributed by atoms with E-state index in [0.717, 1.165) is 0 Å². The van der Waals surface area contributed by atoms with E-state index in [2.05, 4.69) is 15.3 Å². The van der Waals surface area contributed by atoms with E-state index in [4.69, 9.17) is 22.1 Å². The Hall–Kier alpha value is -1.70. The Kier molecular flexibility index (Phi) is 6.95. The van der Waals surface area contributed by atoms with Crippen LogP contribution in [-0.2, 0) is 34.4 Å². The molecule has 0 aromatic carbocycles. The normalized spacial score (nSPS) is 16.4. The number of primary sulfonamides is 1. The molecule has 0 fully saturated rings. The predicted molar refractivity (Wildman–Crippen MR) is 77.2 cm³/mol. The molecule has 0 unspecified atom stereocenters. The van der Waals surface area contributed by atoms with Gasteiger partial charge in [-0.1, -0.05) is 11.6 Å². The van der Waals surface area contributed by atoms with Crippen LogP contribution in [0.3, 0.4) is 0 Å². The van der Waals surface area contributed by atoms with Crippen LogP contribution in [0.2, 0.25) is 0 Å². The Bertz CT molecular complexity index is 738. The van der Waals surface area contributed by atoms with Gasteiger partial charge in [-0.2, -0.15) is 8.42 Å². The molecular weight excluding hydrogens is 364 g/mol. The summed E-state index contributed by atoms with van der Waals surface area (Å²) < 4.78 is 50.2. The van der Waals surface area contributed by atoms with Gasteiger partial charge in [0.25, 0.3) is 15.9 Å². The molecule has 0 bridgehead atoms. The van der Waals surface area contributed by atoms with Gasteiger partial charge in [0.05, 0.1) is 6.61 Å². The molecule has 1 aliphatic rings. The van der Waals surface area contributed by atoms with E-state index >= 15 is 0 Å². The number of amides is 2. The number of hydrogen-bond donors (Lipinski definition) is 3. The van der Waals surface area contributed by atoms with E-state index in [9.17, 15) is 26.4 Å². The molecule has 6 N–H and O–H groups in total. The summed E-state index contributed by atoms with van der Waals surface area (Å²) in [6, 6.07) is 0. The maximum atomic E-state index is 11.2. The lowest BCUT2D eigenvalue weighted by Gasteiger charge is -1.98. The quantitative estimate of drug-likeness (QED) is 0.479. The summed E-state index contributed by atoms with van der Waals surface area (Å²) in [4.78, 5) is 19.8. The zero-order valence-electron chi connectivity index (χ0n) is 11.1. The van der Waals surface area contributed by atoms with Crippen LogP contribution in [0.1, 0.15) is 6.92 Å². The zero-order chi connectivity index (χ0) is 17.7. The van der Waals surface area contributed by atoms with Gasteiger partial charge in [0, 0.05) is 0 Å². The lowest BCUT2D eigenvalue weighted by Crippen LogP contribution is -2.27. The summed E-state index contributed by atoms with van der Waals surface area (Å²) in [5.41, 5.74) is 9.31. The number of primary amides is 2. The standard InChI is InChI=1S/C6H7ClN2O4S.C2H6N2O3S/c1-2-13-6-3(7)4(5(8)10)14(11,12)9-6;3-2(5)1-8(4,6)7/h2H2,1H3,(H2,8,10);1H2,(H2,3,5)(H2,4,6,7). The Morgan fingerprint density at radius 1 is 1.32 bits per heavy atom. The fraction of sp³-hybridized carbons (Fsp3) is 0.375. The van der Waals surface area contributed by atoms with Crippen molar-refractivity contribution < 1.29 is 31.2 Å². The SMILES string of the molecule is CCOC1=NS(=O)(=O)C(C(N)=O)=C1Cl.NC(=O)CS(N)(=O)=O. The Morgan fingerprint density at radius 3 is 2.05 bits per heavy atom. The molecule has 0 saturated carbocycles. The monoisotopic (exact) mass is 376 g/mol. The van der Waals surface area contributed by atoms with Crippen molar-refractivity contribution in [2.45, 2.75) is 6.92 Å². The summed E-state index contributed by atoms with van der Waals surface area (Å²) >= 11 is 5.55. The van der Waals surface area contributed by atoms with Crippen molar-refractivity contribution in [3.8, 4) is 0 Å². The molecule has 22 heavy (non-hydrogen) atoms. The Balaban J connectivity index is 0.000000472. The van der Waals surface area contributed by atoms with Crippen molar-refractivity contribution in [1.82, 2.24) is 0 Å². The van der Waals surface area contributed by atoms with Gasteiger partial charge in [-0.15, -0.1) is 4.40 Å². The molecule has 0 aromatic heterocycles. The topological polar surface area (TPSA) is 202 Å². The van der Waals surface area contributed by atoms with E-state index in [1.165, 1.54) is 0 Å². The molecule has 0 saturated heterocycles. The van der Waals surface area contributed by atoms with Gasteiger partial charge in [0.15, 0.2) is 4.91 Å². The summed E-state index contributed by atoms with van der Waals surface area (Å²) in [5.74, 6) is -3.16. The minimum absolute atomic E-state index is 0.191. The molecule has 0 radical (unpaired) electrons. The highest BCUT2D eigenvalue weighted by Gasteiger charge is 2.36. The third kappa shape index (κ3) is 6.38. The predicted octanol–water partition coefficient (Wildman–Crippen LogP) is -2.54. The van der Waals surface area contributed by atoms with Crippen molar-refractivity contribution in [2.24, 2.45) is 21.0 Å². The van der Waals surface area contributed by atoms with Gasteiger partial charge >= 0.3 is 0 Å². The van der Waals surface area contributed by atoms with Crippen LogP contribution >= 0.6 is 11.6 Å². The molecule has 2 amide bonds. The molecule has 1 aliphatic heterocycles. The van der Waals surface area contributed by atoms with Crippen LogP contribution in [0, 0.1) is 0 Å². The molecule has 0 aliphatic carbocycles. The third-order valence-corrected chi connectivity index (χ3v) is 4.17. The second-order valence-electron chi connectivity index (χ2n) is 3.59. The molecule has 14 heteroatoms. The van der Waals surface area contributed by atoms with Crippen LogP contribution in [0.5, 0.6) is 0 Å². The smallest absolute Gasteiger partial charge is 0.292 e. The van der Waals surface area contributed by atoms with Crippen molar-refractivity contribution in [1.29, 1.82) is 0 Å². The number of nitrogens with two attached hydrogens (primary N) is 3. The largest absolute Gasteiger partial charge is 0.476 e. The number of halogens is 1. The minimum Gasteiger partial charge on any atom is -0.476 e. The maximum absolute atomic E-state index is 11.2. The first-order valence-corrected chi connectivity index (χ1v) is 8.81. The number of hydrogen-bond acceptors (Lipinski definition) is 7. The van der Waals surface area contributed by atoms with Crippen molar-refractivity contribution >= 4 is 49.4 Å². The van der Waals surface area contributed by atoms with E-state index < -0.39 is 42.5 Å². The first-order valence-electron chi connectivity index (χ1n) is 5.28. The van der Waals surface area contributed by atoms with Gasteiger partial charge < -0.3 is 16.2 Å². The molecule has 0 aromatic rings. The second-order valence-corrected chi connectivity index (χ2v) is 7.12. The molecule has 1 heterocycles. The Labute approximate surface area is 131 Å². The van der Waals surface area contributed by atoms with E-state index in [-0.39, 0.29) is 17.5 Å². The van der Waals surface area contributed by atoms with E-state index in [1.807, 2.05) is 0 Å². The molecule has 1 rings (SSSR count). The average Bonchev–Trinajstić information content (AvgIpc) is 2.46. The average molecular weight is 377 g/mol. The van der Waals surface area contributed by atoms with Crippen molar-refractivity contribution in [3.05, 3.63) is 9.94 Å². The van der Waals surface area contributed by atoms with Gasteiger partial charge in [-0.3, -0.25) is 9.59 Å². The molecule has 126 valence electrons. The van der Waals surface area contributed by atoms with Crippen LogP contribution in [0.15, 0.2) is 14.3 Å². The van der Waals surface area contributed by atoms with Gasteiger partial charge in [0.1, 0.15) is 10.8 Å². The molecular formula is C8H13ClN4O7S2. The van der Waals surface area contributed by atoms with Crippen molar-refractivity contribution in [2.75, 3.05) is 12.4 Å². The van der Waals surface area contributed by atoms with Crippen LogP contribution in [0.4, 0.5) is 0 Å². The highest BCUT2D eigenvalue weighted by atomic mass is 35.5. The second kappa shape index (κ2) is 7.53. The van der Waals surface area contributed by atoms with Crippen molar-refractivity contribution in [3.63, 3.8) is 0 Å². The number of ether oxygens (including phenoxy) is 1. The summed E-state index contributed by atoms with van der Waals surface area (Å²) in [7, 11) is -7.77. The number of carbonyl (C=O) groups excluding carboxylic acids is 2. The number of sulfonamides is 2. The fourth-order valence-electron chi connectivity index (χ4n) is 1.07. The summed E-state index contributed by atoms with van der Waals surface area (Å²) in [5, 5.41) is 4.05. The van der Waals surface area contributed by atoms with Crippen LogP contribution < -0.4 is 16.6 Å². The van der Waals surface area contributed by atoms with E-state index in [0.29, 0.717) is 0 Å². The minimum atomic E-state index is -4.07. The first kappa shape index (κ1) is 20.3. The number of nitrogens with zero attached hydrogens (tertiary/aromatic N) is 1. The molecule has 11 nitrogen and oxygen atoms in total. The highest BCUT2D eigenvalue weighted by Crippen LogP contribution is 2.26. The highest BCUT2D eigenvalue weighted by molar-refractivity contribution is 7.95. The van der Waals surface area contributed by atoms with Gasteiger partial charge in [-0.05, 0) is 6.92 Å². The number of rotatable bonds is 4. The van der Waals surface area contributed by atoms with Crippen LogP contribution in [0.25, 0.3) is 0 Å². The molecule has 0 spiro atoms. The fourth-order valence-corrected chi connectivity index (χ4v) is 3.02. The number of carbonyl (C=O) groups is 2. The lowest BCUT2D eigenvalue weighted by atomic mass is 10.4.